The molecule has 0 spiro atoms. The highest BCUT2D eigenvalue weighted by Crippen LogP contribution is 2.34. The summed E-state index contributed by atoms with van der Waals surface area (Å²) in [7, 11) is 1.78. The lowest BCUT2D eigenvalue weighted by molar-refractivity contribution is 0.0513. The standard InChI is InChI=1S/C20H26FN3OS/c1-15-3-8-18(26-15)13-23-19(22-2)24-14-20(9-11-25-12-10-20)16-4-6-17(21)7-5-16/h3-8H,9-14H2,1-2H3,(H2,22,23,24). The summed E-state index contributed by atoms with van der Waals surface area (Å²) >= 11 is 1.79. The second-order valence-electron chi connectivity index (χ2n) is 6.69. The first-order chi connectivity index (χ1) is 12.6. The van der Waals surface area contributed by atoms with Gasteiger partial charge in [0.05, 0.1) is 6.54 Å². The number of rotatable bonds is 5. The third-order valence-corrected chi connectivity index (χ3v) is 5.95. The van der Waals surface area contributed by atoms with E-state index in [2.05, 4.69) is 34.7 Å². The van der Waals surface area contributed by atoms with Gasteiger partial charge in [0.15, 0.2) is 5.96 Å². The van der Waals surface area contributed by atoms with Crippen molar-refractivity contribution >= 4 is 17.3 Å². The smallest absolute Gasteiger partial charge is 0.191 e. The van der Waals surface area contributed by atoms with Gasteiger partial charge in [-0.1, -0.05) is 12.1 Å². The molecular formula is C20H26FN3OS. The second kappa shape index (κ2) is 8.64. The number of aliphatic imine (C=N–C) groups is 1. The molecule has 0 unspecified atom stereocenters. The lowest BCUT2D eigenvalue weighted by Crippen LogP contribution is -2.47. The largest absolute Gasteiger partial charge is 0.381 e. The predicted molar refractivity (Wildman–Crippen MR) is 105 cm³/mol. The van der Waals surface area contributed by atoms with Gasteiger partial charge >= 0.3 is 0 Å². The van der Waals surface area contributed by atoms with E-state index in [1.807, 2.05) is 12.1 Å². The Hall–Kier alpha value is -1.92. The normalized spacial score (nSPS) is 17.1. The van der Waals surface area contributed by atoms with Crippen LogP contribution in [0.5, 0.6) is 0 Å². The second-order valence-corrected chi connectivity index (χ2v) is 8.06. The molecule has 4 nitrogen and oxygen atoms in total. The molecule has 26 heavy (non-hydrogen) atoms. The number of halogens is 1. The lowest BCUT2D eigenvalue weighted by Gasteiger charge is -2.38. The molecule has 1 aromatic heterocycles. The summed E-state index contributed by atoms with van der Waals surface area (Å²) in [5.74, 6) is 0.580. The summed E-state index contributed by atoms with van der Waals surface area (Å²) < 4.78 is 18.9. The van der Waals surface area contributed by atoms with Crippen LogP contribution in [0.25, 0.3) is 0 Å². The lowest BCUT2D eigenvalue weighted by atomic mass is 9.74. The first-order valence-corrected chi connectivity index (χ1v) is 9.77. The predicted octanol–water partition coefficient (Wildman–Crippen LogP) is 3.61. The van der Waals surface area contributed by atoms with Gasteiger partial charge in [-0.15, -0.1) is 11.3 Å². The number of ether oxygens (including phenoxy) is 1. The van der Waals surface area contributed by atoms with Crippen LogP contribution < -0.4 is 10.6 Å². The fraction of sp³-hybridized carbons (Fsp3) is 0.450. The van der Waals surface area contributed by atoms with Gasteiger partial charge in [0, 0.05) is 42.0 Å². The third kappa shape index (κ3) is 4.62. The molecule has 0 radical (unpaired) electrons. The fourth-order valence-electron chi connectivity index (χ4n) is 3.36. The number of aryl methyl sites for hydroxylation is 1. The number of thiophene rings is 1. The Bertz CT molecular complexity index is 736. The Morgan fingerprint density at radius 3 is 2.50 bits per heavy atom. The van der Waals surface area contributed by atoms with E-state index in [9.17, 15) is 4.39 Å². The number of hydrogen-bond acceptors (Lipinski definition) is 3. The number of guanidine groups is 1. The van der Waals surface area contributed by atoms with Crippen LogP contribution in [0.15, 0.2) is 41.4 Å². The molecule has 1 aliphatic heterocycles. The minimum Gasteiger partial charge on any atom is -0.381 e. The molecule has 0 aliphatic carbocycles. The van der Waals surface area contributed by atoms with Gasteiger partial charge in [-0.2, -0.15) is 0 Å². The van der Waals surface area contributed by atoms with Crippen LogP contribution in [0, 0.1) is 12.7 Å². The van der Waals surface area contributed by atoms with Gasteiger partial charge in [-0.25, -0.2) is 4.39 Å². The Morgan fingerprint density at radius 2 is 1.88 bits per heavy atom. The first-order valence-electron chi connectivity index (χ1n) is 8.95. The highest BCUT2D eigenvalue weighted by molar-refractivity contribution is 7.11. The van der Waals surface area contributed by atoms with E-state index in [1.54, 1.807) is 30.5 Å². The zero-order valence-corrected chi connectivity index (χ0v) is 16.2. The number of hydrogen-bond donors (Lipinski definition) is 2. The van der Waals surface area contributed by atoms with Crippen molar-refractivity contribution in [3.05, 3.63) is 57.5 Å². The Labute approximate surface area is 158 Å². The van der Waals surface area contributed by atoms with Crippen LogP contribution in [-0.2, 0) is 16.7 Å². The minimum absolute atomic E-state index is 0.0664. The van der Waals surface area contributed by atoms with E-state index in [1.165, 1.54) is 9.75 Å². The van der Waals surface area contributed by atoms with Crippen molar-refractivity contribution in [2.45, 2.75) is 31.7 Å². The zero-order chi connectivity index (χ0) is 18.4. The van der Waals surface area contributed by atoms with Crippen LogP contribution >= 0.6 is 11.3 Å². The summed E-state index contributed by atoms with van der Waals surface area (Å²) in [6, 6.07) is 11.1. The van der Waals surface area contributed by atoms with Crippen molar-refractivity contribution in [1.82, 2.24) is 10.6 Å². The number of nitrogens with one attached hydrogen (secondary N) is 2. The number of nitrogens with zero attached hydrogens (tertiary/aromatic N) is 1. The molecule has 1 saturated heterocycles. The molecule has 0 atom stereocenters. The maximum absolute atomic E-state index is 13.3. The van der Waals surface area contributed by atoms with E-state index in [-0.39, 0.29) is 11.2 Å². The molecule has 6 heteroatoms. The van der Waals surface area contributed by atoms with Crippen LogP contribution in [0.4, 0.5) is 4.39 Å². The SMILES string of the molecule is CN=C(NCc1ccc(C)s1)NCC1(c2ccc(F)cc2)CCOCC1. The molecule has 0 saturated carbocycles. The highest BCUT2D eigenvalue weighted by Gasteiger charge is 2.34. The van der Waals surface area contributed by atoms with Gasteiger partial charge in [-0.05, 0) is 49.6 Å². The van der Waals surface area contributed by atoms with Crippen molar-refractivity contribution in [1.29, 1.82) is 0 Å². The minimum atomic E-state index is -0.201. The molecule has 1 aliphatic rings. The van der Waals surface area contributed by atoms with E-state index < -0.39 is 0 Å². The quantitative estimate of drug-likeness (QED) is 0.620. The van der Waals surface area contributed by atoms with E-state index in [4.69, 9.17) is 4.74 Å². The maximum Gasteiger partial charge on any atom is 0.191 e. The van der Waals surface area contributed by atoms with Gasteiger partial charge in [-0.3, -0.25) is 4.99 Å². The summed E-state index contributed by atoms with van der Waals surface area (Å²) in [6.07, 6.45) is 1.82. The Kier molecular flexibility index (Phi) is 6.27. The molecule has 2 heterocycles. The van der Waals surface area contributed by atoms with Crippen LogP contribution in [0.3, 0.4) is 0 Å². The van der Waals surface area contributed by atoms with E-state index in [0.717, 1.165) is 50.7 Å². The van der Waals surface area contributed by atoms with Crippen molar-refractivity contribution in [3.63, 3.8) is 0 Å². The molecule has 2 aromatic rings. The monoisotopic (exact) mass is 375 g/mol. The van der Waals surface area contributed by atoms with Crippen molar-refractivity contribution < 1.29 is 9.13 Å². The number of benzene rings is 1. The average Bonchev–Trinajstić information content (AvgIpc) is 3.08. The van der Waals surface area contributed by atoms with Gasteiger partial charge < -0.3 is 15.4 Å². The Balaban J connectivity index is 1.65. The first kappa shape index (κ1) is 18.9. The molecule has 3 rings (SSSR count). The maximum atomic E-state index is 13.3. The fourth-order valence-corrected chi connectivity index (χ4v) is 4.19. The van der Waals surface area contributed by atoms with Crippen molar-refractivity contribution in [2.24, 2.45) is 4.99 Å². The molecule has 0 bridgehead atoms. The van der Waals surface area contributed by atoms with Crippen LogP contribution in [0.2, 0.25) is 0 Å². The average molecular weight is 376 g/mol. The molecule has 140 valence electrons. The zero-order valence-electron chi connectivity index (χ0n) is 15.3. The van der Waals surface area contributed by atoms with Gasteiger partial charge in [0.2, 0.25) is 0 Å². The van der Waals surface area contributed by atoms with Gasteiger partial charge in [0.25, 0.3) is 0 Å². The molecular weight excluding hydrogens is 349 g/mol. The summed E-state index contributed by atoms with van der Waals surface area (Å²) in [5.41, 5.74) is 1.09. The molecule has 0 amide bonds. The molecule has 1 fully saturated rings. The van der Waals surface area contributed by atoms with Gasteiger partial charge in [0.1, 0.15) is 5.82 Å². The summed E-state index contributed by atoms with van der Waals surface area (Å²) in [5, 5.41) is 6.84. The molecule has 2 N–H and O–H groups in total. The third-order valence-electron chi connectivity index (χ3n) is 4.95. The molecule has 1 aromatic carbocycles. The van der Waals surface area contributed by atoms with Crippen LogP contribution in [0.1, 0.15) is 28.2 Å². The van der Waals surface area contributed by atoms with Crippen LogP contribution in [-0.4, -0.2) is 32.8 Å². The Morgan fingerprint density at radius 1 is 1.15 bits per heavy atom. The van der Waals surface area contributed by atoms with E-state index >= 15 is 0 Å². The summed E-state index contributed by atoms with van der Waals surface area (Å²) in [6.45, 7) is 5.05. The summed E-state index contributed by atoms with van der Waals surface area (Å²) in [4.78, 5) is 6.93. The van der Waals surface area contributed by atoms with E-state index in [0.29, 0.717) is 0 Å². The highest BCUT2D eigenvalue weighted by atomic mass is 32.1. The van der Waals surface area contributed by atoms with Crippen molar-refractivity contribution in [2.75, 3.05) is 26.8 Å². The topological polar surface area (TPSA) is 45.7 Å². The van der Waals surface area contributed by atoms with Crippen molar-refractivity contribution in [3.8, 4) is 0 Å².